The van der Waals surface area contributed by atoms with E-state index in [1.165, 1.54) is 42.5 Å². The third-order valence-corrected chi connectivity index (χ3v) is 13.7. The predicted molar refractivity (Wildman–Crippen MR) is 253 cm³/mol. The molecule has 2 aliphatic heterocycles. The number of hydrogen-bond acceptors (Lipinski definition) is 15. The van der Waals surface area contributed by atoms with Gasteiger partial charge in [-0.05, 0) is 85.6 Å². The quantitative estimate of drug-likeness (QED) is 0.0232. The Hall–Kier alpha value is -8.06. The average Bonchev–Trinajstić information content (AvgIpc) is 3.95. The molecule has 0 radical (unpaired) electrons. The fourth-order valence-corrected chi connectivity index (χ4v) is 10.2. The second-order valence-corrected chi connectivity index (χ2v) is 18.3. The summed E-state index contributed by atoms with van der Waals surface area (Å²) in [5.41, 5.74) is 18.5. The molecule has 22 nitrogen and oxygen atoms in total. The zero-order valence-corrected chi connectivity index (χ0v) is 38.3. The molecule has 0 bridgehead atoms. The molecule has 69 heavy (non-hydrogen) atoms. The highest BCUT2D eigenvalue weighted by atomic mass is 32.2. The number of primary amides is 1. The first kappa shape index (κ1) is 46.1. The van der Waals surface area contributed by atoms with E-state index in [4.69, 9.17) is 31.7 Å². The van der Waals surface area contributed by atoms with Gasteiger partial charge in [-0.1, -0.05) is 6.07 Å². The number of rotatable bonds is 15. The molecule has 5 aromatic carbocycles. The zero-order valence-electron chi connectivity index (χ0n) is 36.7. The van der Waals surface area contributed by atoms with Crippen molar-refractivity contribution in [1.82, 2.24) is 29.7 Å². The molecule has 2 aromatic heterocycles. The first-order valence-corrected chi connectivity index (χ1v) is 23.7. The molecule has 356 valence electrons. The summed E-state index contributed by atoms with van der Waals surface area (Å²) in [4.78, 5) is 60.1. The van der Waals surface area contributed by atoms with Crippen LogP contribution in [-0.4, -0.2) is 91.7 Å². The topological polar surface area (TPSA) is 340 Å². The van der Waals surface area contributed by atoms with Gasteiger partial charge in [0.15, 0.2) is 33.1 Å². The number of hydrogen-bond donors (Lipinski definition) is 9. The Kier molecular flexibility index (Phi) is 11.7. The molecule has 0 saturated carbocycles. The summed E-state index contributed by atoms with van der Waals surface area (Å²) in [7, 11) is -1.54. The first-order chi connectivity index (χ1) is 33.0. The molecule has 12 N–H and O–H groups in total. The molecule has 2 atom stereocenters. The third kappa shape index (κ3) is 7.87. The Labute approximate surface area is 394 Å². The molecule has 0 saturated heterocycles. The van der Waals surface area contributed by atoms with Gasteiger partial charge in [-0.3, -0.25) is 18.9 Å². The van der Waals surface area contributed by atoms with Crippen molar-refractivity contribution in [2.45, 2.75) is 41.3 Å². The van der Waals surface area contributed by atoms with Crippen molar-refractivity contribution in [2.75, 3.05) is 49.3 Å². The number of nitrogens with one attached hydrogen (secondary N) is 4. The highest BCUT2D eigenvalue weighted by molar-refractivity contribution is 7.86. The van der Waals surface area contributed by atoms with E-state index in [2.05, 4.69) is 30.8 Å². The lowest BCUT2D eigenvalue weighted by atomic mass is 9.77. The van der Waals surface area contributed by atoms with Crippen molar-refractivity contribution < 1.29 is 50.4 Å². The number of aromatic nitrogens is 4. The summed E-state index contributed by atoms with van der Waals surface area (Å²) >= 11 is -2.80. The van der Waals surface area contributed by atoms with Crippen LogP contribution in [0.2, 0.25) is 0 Å². The lowest BCUT2D eigenvalue weighted by Crippen LogP contribution is -2.35. The van der Waals surface area contributed by atoms with Gasteiger partial charge in [0, 0.05) is 73.7 Å². The number of ether oxygens (including phenoxy) is 2. The Morgan fingerprint density at radius 1 is 0.739 bits per heavy atom. The average molecular weight is 978 g/mol. The van der Waals surface area contributed by atoms with Crippen LogP contribution in [0.25, 0.3) is 22.1 Å². The van der Waals surface area contributed by atoms with Crippen LogP contribution in [0.1, 0.15) is 71.0 Å². The van der Waals surface area contributed by atoms with Crippen LogP contribution in [0.3, 0.4) is 0 Å². The monoisotopic (exact) mass is 977 g/mol. The molecule has 2 unspecified atom stereocenters. The number of carbonyl (C=O) groups is 4. The van der Waals surface area contributed by atoms with E-state index in [0.717, 1.165) is 23.9 Å². The number of nitrogens with zero attached hydrogens (tertiary/aromatic N) is 4. The Balaban J connectivity index is 0.866. The van der Waals surface area contributed by atoms with Crippen molar-refractivity contribution in [3.63, 3.8) is 0 Å². The van der Waals surface area contributed by atoms with E-state index < -0.39 is 77.5 Å². The Morgan fingerprint density at radius 2 is 1.25 bits per heavy atom. The Morgan fingerprint density at radius 3 is 1.80 bits per heavy atom. The van der Waals surface area contributed by atoms with Crippen molar-refractivity contribution in [2.24, 2.45) is 5.73 Å². The highest BCUT2D eigenvalue weighted by Gasteiger charge is 2.56. The van der Waals surface area contributed by atoms with Crippen LogP contribution in [0.5, 0.6) is 11.5 Å². The van der Waals surface area contributed by atoms with E-state index >= 15 is 0 Å². The molecular formula is C45H43N11O11S2. The van der Waals surface area contributed by atoms with Crippen LogP contribution >= 0.6 is 0 Å². The minimum atomic E-state index is -5.09. The summed E-state index contributed by atoms with van der Waals surface area (Å²) < 4.78 is 74.3. The number of nitrogens with two attached hydrogens (primary N) is 3. The van der Waals surface area contributed by atoms with Crippen LogP contribution < -0.4 is 43.2 Å². The Bertz CT molecular complexity index is 3480. The molecular weight excluding hydrogens is 935 g/mol. The fourth-order valence-electron chi connectivity index (χ4n) is 8.90. The van der Waals surface area contributed by atoms with Gasteiger partial charge in [0.1, 0.15) is 4.90 Å². The number of aryl methyl sites for hydroxylation is 2. The van der Waals surface area contributed by atoms with Crippen molar-refractivity contribution >= 4 is 90.2 Å². The summed E-state index contributed by atoms with van der Waals surface area (Å²) in [5.74, 6) is -2.14. The molecule has 9 rings (SSSR count). The first-order valence-electron chi connectivity index (χ1n) is 21.2. The minimum absolute atomic E-state index is 0.00247. The van der Waals surface area contributed by atoms with Gasteiger partial charge in [0.05, 0.1) is 39.0 Å². The number of anilines is 4. The standard InChI is InChI=1S/C45H43N11O11S2/c1-49-43-53-31-20-22(39(48)57)6-13-33(31)55(43)17-3-4-18-56-34-14-7-24(21-32(34)54-44(56)50-2)41(59)52-16-15-51-40(58)23-5-8-26-25(19-23)42(60)67-45(26)27-9-11-29(46)37(68(61)62)35(27)66-36-28(45)10-12-30(47)38(36)69(63,64)65/h5-14,19-21H,3-4,15-18,46-47H2,1-2H3,(H2,48,57)(H,49,53)(H,50,54)(H,51,58)(H,52,59)(H,61,62)(H,63,64,65). The summed E-state index contributed by atoms with van der Waals surface area (Å²) in [5, 5.41) is 11.7. The number of fused-ring (bicyclic) bond motifs is 8. The summed E-state index contributed by atoms with van der Waals surface area (Å²) in [6, 6.07) is 19.6. The largest absolute Gasteiger partial charge is 0.453 e. The van der Waals surface area contributed by atoms with E-state index in [0.29, 0.717) is 47.1 Å². The smallest absolute Gasteiger partial charge is 0.340 e. The molecule has 24 heteroatoms. The molecule has 4 heterocycles. The lowest BCUT2D eigenvalue weighted by Gasteiger charge is -2.37. The summed E-state index contributed by atoms with van der Waals surface area (Å²) in [6.07, 6.45) is 1.58. The number of carbonyl (C=O) groups excluding carboxylic acids is 4. The molecule has 3 amide bonds. The van der Waals surface area contributed by atoms with Crippen molar-refractivity contribution in [1.29, 1.82) is 0 Å². The van der Waals surface area contributed by atoms with Gasteiger partial charge in [-0.25, -0.2) is 19.0 Å². The number of benzene rings is 5. The van der Waals surface area contributed by atoms with Gasteiger partial charge >= 0.3 is 5.97 Å². The van der Waals surface area contributed by atoms with Gasteiger partial charge in [-0.15, -0.1) is 0 Å². The highest BCUT2D eigenvalue weighted by Crippen LogP contribution is 2.59. The van der Waals surface area contributed by atoms with Crippen molar-refractivity contribution in [3.05, 3.63) is 118 Å². The van der Waals surface area contributed by atoms with Gasteiger partial charge < -0.3 is 61.6 Å². The van der Waals surface area contributed by atoms with Crippen LogP contribution in [0.15, 0.2) is 88.7 Å². The number of amides is 3. The maximum Gasteiger partial charge on any atom is 0.340 e. The third-order valence-electron chi connectivity index (χ3n) is 12.0. The van der Waals surface area contributed by atoms with E-state index in [-0.39, 0.29) is 46.6 Å². The summed E-state index contributed by atoms with van der Waals surface area (Å²) in [6.45, 7) is 1.32. The minimum Gasteiger partial charge on any atom is -0.453 e. The maximum atomic E-state index is 13.7. The van der Waals surface area contributed by atoms with Crippen LogP contribution in [-0.2, 0) is 44.6 Å². The van der Waals surface area contributed by atoms with Gasteiger partial charge in [-0.2, -0.15) is 8.42 Å². The molecule has 2 aliphatic rings. The van der Waals surface area contributed by atoms with Gasteiger partial charge in [0.2, 0.25) is 17.8 Å². The number of esters is 1. The second-order valence-electron chi connectivity index (χ2n) is 16.0. The van der Waals surface area contributed by atoms with E-state index in [1.807, 2.05) is 16.7 Å². The van der Waals surface area contributed by atoms with Crippen LogP contribution in [0, 0.1) is 0 Å². The SMILES string of the molecule is CNc1nc2cc(C(N)=O)ccc2n1CCCCn1c(NC)nc2cc(C(=O)NCCNC(=O)c3ccc4c(c3)C(=O)OC43c4ccc(N)c(S(=O)O)c4Oc4c3ccc(N)c4S(=O)(=O)O)ccc21. The maximum absolute atomic E-state index is 13.7. The number of unbranched alkanes of at least 4 members (excludes halogenated alkanes) is 1. The van der Waals surface area contributed by atoms with E-state index in [1.54, 1.807) is 38.4 Å². The van der Waals surface area contributed by atoms with Crippen LogP contribution in [0.4, 0.5) is 23.3 Å². The number of imidazole rings is 2. The van der Waals surface area contributed by atoms with Crippen molar-refractivity contribution in [3.8, 4) is 11.5 Å². The molecule has 7 aromatic rings. The van der Waals surface area contributed by atoms with E-state index in [9.17, 15) is 40.9 Å². The zero-order chi connectivity index (χ0) is 49.1. The predicted octanol–water partition coefficient (Wildman–Crippen LogP) is 3.77. The lowest BCUT2D eigenvalue weighted by molar-refractivity contribution is 0.0221. The normalized spacial score (nSPS) is 15.2. The molecule has 0 aliphatic carbocycles. The number of nitrogen functional groups attached to an aromatic ring is 2. The second kappa shape index (κ2) is 17.5. The molecule has 1 spiro atoms. The van der Waals surface area contributed by atoms with Gasteiger partial charge in [0.25, 0.3) is 21.9 Å². The molecule has 0 fully saturated rings. The fraction of sp³-hybridized carbons (Fsp3) is 0.200.